The number of carbonyl (C=O) groups excluding carboxylic acids is 2. The van der Waals surface area contributed by atoms with Gasteiger partial charge in [0, 0.05) is 17.8 Å². The number of hydrogen-bond acceptors (Lipinski definition) is 5. The molecule has 2 N–H and O–H groups in total. The highest BCUT2D eigenvalue weighted by Crippen LogP contribution is 2.27. The van der Waals surface area contributed by atoms with E-state index >= 15 is 0 Å². The van der Waals surface area contributed by atoms with E-state index in [0.29, 0.717) is 16.5 Å². The van der Waals surface area contributed by atoms with Gasteiger partial charge in [-0.15, -0.1) is 0 Å². The van der Waals surface area contributed by atoms with Crippen LogP contribution < -0.4 is 15.4 Å². The van der Waals surface area contributed by atoms with Gasteiger partial charge in [-0.05, 0) is 30.2 Å². The summed E-state index contributed by atoms with van der Waals surface area (Å²) in [6.45, 7) is 3.53. The molecule has 0 saturated heterocycles. The van der Waals surface area contributed by atoms with Gasteiger partial charge in [-0.1, -0.05) is 37.0 Å². The summed E-state index contributed by atoms with van der Waals surface area (Å²) >= 11 is 12.1. The van der Waals surface area contributed by atoms with Crippen molar-refractivity contribution in [3.63, 3.8) is 0 Å². The predicted octanol–water partition coefficient (Wildman–Crippen LogP) is 4.30. The maximum atomic E-state index is 12.7. The van der Waals surface area contributed by atoms with Gasteiger partial charge in [-0.25, -0.2) is 0 Å². The summed E-state index contributed by atoms with van der Waals surface area (Å²) in [6, 6.07) is 7.38. The molecule has 1 atom stereocenters. The number of anilines is 1. The summed E-state index contributed by atoms with van der Waals surface area (Å²) in [7, 11) is 1.48. The second-order valence-corrected chi connectivity index (χ2v) is 7.27. The molecule has 29 heavy (non-hydrogen) atoms. The predicted molar refractivity (Wildman–Crippen MR) is 111 cm³/mol. The lowest BCUT2D eigenvalue weighted by atomic mass is 10.0. The lowest BCUT2D eigenvalue weighted by Crippen LogP contribution is -2.47. The number of non-ortho nitro benzene ring substituents is 1. The number of hydrogen-bond donors (Lipinski definition) is 2. The van der Waals surface area contributed by atoms with Crippen molar-refractivity contribution < 1.29 is 19.2 Å². The van der Waals surface area contributed by atoms with Crippen molar-refractivity contribution in [3.05, 3.63) is 62.1 Å². The summed E-state index contributed by atoms with van der Waals surface area (Å²) in [4.78, 5) is 35.5. The van der Waals surface area contributed by atoms with Crippen molar-refractivity contribution in [2.24, 2.45) is 5.92 Å². The Bertz CT molecular complexity index is 949. The molecule has 0 aliphatic carbocycles. The topological polar surface area (TPSA) is 111 Å². The third kappa shape index (κ3) is 5.58. The fourth-order valence-corrected chi connectivity index (χ4v) is 3.04. The highest BCUT2D eigenvalue weighted by atomic mass is 35.5. The first-order chi connectivity index (χ1) is 13.6. The van der Waals surface area contributed by atoms with E-state index in [0.717, 1.165) is 6.07 Å². The van der Waals surface area contributed by atoms with Crippen LogP contribution in [0.3, 0.4) is 0 Å². The number of amides is 2. The first-order valence-electron chi connectivity index (χ1n) is 8.53. The van der Waals surface area contributed by atoms with Gasteiger partial charge in [0.25, 0.3) is 11.6 Å². The summed E-state index contributed by atoms with van der Waals surface area (Å²) in [6.07, 6.45) is 0. The summed E-state index contributed by atoms with van der Waals surface area (Å²) in [5.41, 5.74) is 0.235. The number of carbonyl (C=O) groups is 2. The number of nitro groups is 1. The van der Waals surface area contributed by atoms with E-state index in [1.165, 1.54) is 25.3 Å². The van der Waals surface area contributed by atoms with Crippen LogP contribution in [0.2, 0.25) is 10.0 Å². The van der Waals surface area contributed by atoms with Crippen molar-refractivity contribution in [3.8, 4) is 5.75 Å². The van der Waals surface area contributed by atoms with Gasteiger partial charge in [0.15, 0.2) is 0 Å². The zero-order valence-electron chi connectivity index (χ0n) is 15.9. The van der Waals surface area contributed by atoms with Gasteiger partial charge < -0.3 is 15.4 Å². The minimum atomic E-state index is -0.880. The van der Waals surface area contributed by atoms with Crippen molar-refractivity contribution >= 4 is 46.4 Å². The molecule has 0 heterocycles. The molecule has 0 aliphatic heterocycles. The molecule has 10 heteroatoms. The maximum Gasteiger partial charge on any atom is 0.270 e. The van der Waals surface area contributed by atoms with Crippen LogP contribution in [0, 0.1) is 16.0 Å². The van der Waals surface area contributed by atoms with E-state index in [-0.39, 0.29) is 22.2 Å². The van der Waals surface area contributed by atoms with Crippen LogP contribution in [-0.4, -0.2) is 29.9 Å². The van der Waals surface area contributed by atoms with Crippen LogP contribution in [0.15, 0.2) is 36.4 Å². The number of nitrogens with zero attached hydrogens (tertiary/aromatic N) is 1. The second kappa shape index (κ2) is 9.58. The molecular formula is C19H19Cl2N3O5. The lowest BCUT2D eigenvalue weighted by Gasteiger charge is -2.22. The number of methoxy groups -OCH3 is 1. The number of benzene rings is 2. The Morgan fingerprint density at radius 2 is 1.79 bits per heavy atom. The number of rotatable bonds is 7. The molecule has 0 saturated carbocycles. The minimum absolute atomic E-state index is 0.0307. The molecule has 2 rings (SSSR count). The highest BCUT2D eigenvalue weighted by molar-refractivity contribution is 6.34. The number of nitrogens with one attached hydrogen (secondary N) is 2. The first kappa shape index (κ1) is 22.4. The largest absolute Gasteiger partial charge is 0.495 e. The summed E-state index contributed by atoms with van der Waals surface area (Å²) in [5.74, 6) is -0.852. The van der Waals surface area contributed by atoms with E-state index in [4.69, 9.17) is 27.9 Å². The molecule has 154 valence electrons. The monoisotopic (exact) mass is 439 g/mol. The Hall–Kier alpha value is -2.84. The Morgan fingerprint density at radius 1 is 1.10 bits per heavy atom. The van der Waals surface area contributed by atoms with Crippen LogP contribution in [0.25, 0.3) is 0 Å². The Kier molecular flexibility index (Phi) is 7.41. The molecule has 0 unspecified atom stereocenters. The molecule has 8 nitrogen and oxygen atoms in total. The van der Waals surface area contributed by atoms with E-state index < -0.39 is 22.8 Å². The van der Waals surface area contributed by atoms with Gasteiger partial charge in [-0.2, -0.15) is 0 Å². The van der Waals surface area contributed by atoms with Crippen LogP contribution >= 0.6 is 23.2 Å². The number of nitro benzene ring substituents is 1. The molecule has 0 aliphatic rings. The third-order valence-electron chi connectivity index (χ3n) is 4.06. The summed E-state index contributed by atoms with van der Waals surface area (Å²) < 4.78 is 5.07. The van der Waals surface area contributed by atoms with Crippen molar-refractivity contribution in [1.82, 2.24) is 5.32 Å². The van der Waals surface area contributed by atoms with Gasteiger partial charge >= 0.3 is 0 Å². The van der Waals surface area contributed by atoms with Crippen LogP contribution in [0.5, 0.6) is 5.75 Å². The quantitative estimate of drug-likeness (QED) is 0.493. The van der Waals surface area contributed by atoms with Gasteiger partial charge in [0.1, 0.15) is 11.8 Å². The molecule has 0 spiro atoms. The van der Waals surface area contributed by atoms with Gasteiger partial charge in [-0.3, -0.25) is 19.7 Å². The van der Waals surface area contributed by atoms with Crippen molar-refractivity contribution in [1.29, 1.82) is 0 Å². The Labute approximate surface area is 177 Å². The molecule has 0 radical (unpaired) electrons. The van der Waals surface area contributed by atoms with E-state index in [1.807, 2.05) is 0 Å². The average molecular weight is 440 g/mol. The zero-order valence-corrected chi connectivity index (χ0v) is 17.4. The highest BCUT2D eigenvalue weighted by Gasteiger charge is 2.26. The normalized spacial score (nSPS) is 11.7. The van der Waals surface area contributed by atoms with Crippen molar-refractivity contribution in [2.45, 2.75) is 19.9 Å². The number of ether oxygens (including phenoxy) is 1. The molecule has 2 aromatic carbocycles. The summed E-state index contributed by atoms with van der Waals surface area (Å²) in [5, 5.41) is 16.4. The Morgan fingerprint density at radius 3 is 2.31 bits per heavy atom. The van der Waals surface area contributed by atoms with E-state index in [1.54, 1.807) is 26.0 Å². The maximum absolute atomic E-state index is 12.7. The molecule has 0 bridgehead atoms. The van der Waals surface area contributed by atoms with Crippen LogP contribution in [-0.2, 0) is 4.79 Å². The fraction of sp³-hybridized carbons (Fsp3) is 0.263. The third-order valence-corrected chi connectivity index (χ3v) is 4.67. The molecular weight excluding hydrogens is 421 g/mol. The fourth-order valence-electron chi connectivity index (χ4n) is 2.52. The molecule has 0 aromatic heterocycles. The average Bonchev–Trinajstić information content (AvgIpc) is 2.65. The minimum Gasteiger partial charge on any atom is -0.495 e. The molecule has 2 aromatic rings. The zero-order chi connectivity index (χ0) is 21.7. The Balaban J connectivity index is 2.17. The smallest absolute Gasteiger partial charge is 0.270 e. The number of halogens is 2. The second-order valence-electron chi connectivity index (χ2n) is 6.45. The van der Waals surface area contributed by atoms with Crippen molar-refractivity contribution in [2.75, 3.05) is 12.4 Å². The molecule has 2 amide bonds. The lowest BCUT2D eigenvalue weighted by molar-refractivity contribution is -0.384. The first-order valence-corrected chi connectivity index (χ1v) is 9.28. The van der Waals surface area contributed by atoms with Crippen LogP contribution in [0.1, 0.15) is 24.2 Å². The van der Waals surface area contributed by atoms with Crippen LogP contribution in [0.4, 0.5) is 11.4 Å². The van der Waals surface area contributed by atoms with E-state index in [2.05, 4.69) is 10.6 Å². The van der Waals surface area contributed by atoms with E-state index in [9.17, 15) is 19.7 Å². The standard InChI is InChI=1S/C19H19Cl2N3O5/c1-10(2)17(19(26)22-11-4-7-16(29-3)15(21)8-11)23-18(25)13-6-5-12(24(27)28)9-14(13)20/h4-10,17H,1-3H3,(H,22,26)(H,23,25)/t17-/m0/s1. The molecule has 0 fully saturated rings. The van der Waals surface area contributed by atoms with Gasteiger partial charge in [0.05, 0.1) is 27.6 Å². The van der Waals surface area contributed by atoms with Gasteiger partial charge in [0.2, 0.25) is 5.91 Å². The SMILES string of the molecule is COc1ccc(NC(=O)[C@@H](NC(=O)c2ccc([N+](=O)[O-])cc2Cl)C(C)C)cc1Cl.